The van der Waals surface area contributed by atoms with E-state index in [0.29, 0.717) is 57.2 Å². The highest BCUT2D eigenvalue weighted by Gasteiger charge is 2.30. The summed E-state index contributed by atoms with van der Waals surface area (Å²) < 4.78 is 21.9. The van der Waals surface area contributed by atoms with E-state index >= 15 is 0 Å². The van der Waals surface area contributed by atoms with Crippen LogP contribution in [0.3, 0.4) is 0 Å². The normalized spacial score (nSPS) is 11.5. The molecule has 292 valence electrons. The number of carbonyl (C=O) groups is 4. The zero-order valence-corrected chi connectivity index (χ0v) is 32.8. The number of benzene rings is 2. The first kappa shape index (κ1) is 42.8. The van der Waals surface area contributed by atoms with Crippen molar-refractivity contribution in [2.45, 2.75) is 69.2 Å². The number of nitrogens with zero attached hydrogens (tertiary/aromatic N) is 2. The highest BCUT2D eigenvalue weighted by atomic mass is 16.5. The van der Waals surface area contributed by atoms with Crippen LogP contribution in [0, 0.1) is 30.6 Å². The van der Waals surface area contributed by atoms with Gasteiger partial charge >= 0.3 is 17.9 Å². The van der Waals surface area contributed by atoms with Crippen molar-refractivity contribution in [1.82, 2.24) is 15.3 Å². The molecule has 4 rings (SSSR count). The largest absolute Gasteiger partial charge is 0.492 e. The number of esters is 2. The Morgan fingerprint density at radius 3 is 1.52 bits per heavy atom. The maximum atomic E-state index is 12.5. The standard InChI is InChI=1S/C22H31N3O4.C18H22N2O5/c1-7-28-20(26)17-14(4)25-15-9-8-10-16(18(15)19(17)23)29-12-22(5,6)21(27)24-11-13(2)3;1-5-24-16(21)13-10(2)20-11-7-6-8-12(14(11)15(13)19)25-9-18(3,4)17(22)23/h8-10,13H,7,11-12H2,1-6H3,(H2,23,25)(H,24,27);6-8H,5,9H2,1-4H3,(H2,19,20)(H,22,23). The summed E-state index contributed by atoms with van der Waals surface area (Å²) in [6, 6.07) is 10.5. The number of anilines is 2. The van der Waals surface area contributed by atoms with E-state index in [1.807, 2.05) is 27.7 Å². The Hall–Kier alpha value is -5.66. The number of aliphatic carboxylic acids is 1. The summed E-state index contributed by atoms with van der Waals surface area (Å²) in [6.45, 7) is 18.9. The smallest absolute Gasteiger partial charge is 0.342 e. The maximum absolute atomic E-state index is 12.5. The number of hydrogen-bond donors (Lipinski definition) is 4. The highest BCUT2D eigenvalue weighted by molar-refractivity contribution is 6.08. The molecule has 0 radical (unpaired) electrons. The molecule has 54 heavy (non-hydrogen) atoms. The number of ether oxygens (including phenoxy) is 4. The Kier molecular flexibility index (Phi) is 14.2. The lowest BCUT2D eigenvalue weighted by molar-refractivity contribution is -0.148. The maximum Gasteiger partial charge on any atom is 0.342 e. The third kappa shape index (κ3) is 10.1. The minimum atomic E-state index is -1.07. The molecule has 6 N–H and O–H groups in total. The Balaban J connectivity index is 0.000000294. The second kappa shape index (κ2) is 17.9. The summed E-state index contributed by atoms with van der Waals surface area (Å²) in [4.78, 5) is 57.2. The van der Waals surface area contributed by atoms with Gasteiger partial charge in [-0.05, 0) is 85.6 Å². The van der Waals surface area contributed by atoms with Crippen LogP contribution < -0.4 is 26.3 Å². The average Bonchev–Trinajstić information content (AvgIpc) is 3.08. The first-order valence-corrected chi connectivity index (χ1v) is 17.8. The van der Waals surface area contributed by atoms with Gasteiger partial charge < -0.3 is 40.8 Å². The van der Waals surface area contributed by atoms with E-state index in [9.17, 15) is 24.3 Å². The summed E-state index contributed by atoms with van der Waals surface area (Å²) in [5.41, 5.74) is 13.8. The van der Waals surface area contributed by atoms with Crippen LogP contribution in [0.2, 0.25) is 0 Å². The number of aromatic nitrogens is 2. The number of fused-ring (bicyclic) bond motifs is 2. The van der Waals surface area contributed by atoms with Crippen molar-refractivity contribution >= 4 is 57.0 Å². The molecule has 0 spiro atoms. The van der Waals surface area contributed by atoms with Crippen LogP contribution in [0.4, 0.5) is 11.4 Å². The molecule has 0 unspecified atom stereocenters. The van der Waals surface area contributed by atoms with Gasteiger partial charge in [0.2, 0.25) is 5.91 Å². The Bertz CT molecular complexity index is 2020. The Morgan fingerprint density at radius 1 is 0.741 bits per heavy atom. The van der Waals surface area contributed by atoms with Crippen LogP contribution in [0.15, 0.2) is 36.4 Å². The predicted molar refractivity (Wildman–Crippen MR) is 208 cm³/mol. The summed E-state index contributed by atoms with van der Waals surface area (Å²) in [5, 5.41) is 13.2. The molecule has 0 saturated carbocycles. The number of pyridine rings is 2. The predicted octanol–water partition coefficient (Wildman–Crippen LogP) is 6.27. The zero-order valence-electron chi connectivity index (χ0n) is 32.8. The van der Waals surface area contributed by atoms with Crippen LogP contribution in [0.5, 0.6) is 11.5 Å². The van der Waals surface area contributed by atoms with Crippen LogP contribution in [0.25, 0.3) is 21.8 Å². The molecule has 0 aliphatic carbocycles. The first-order chi connectivity index (χ1) is 25.3. The molecule has 0 aliphatic rings. The van der Waals surface area contributed by atoms with Gasteiger partial charge in [0, 0.05) is 6.54 Å². The van der Waals surface area contributed by atoms with Crippen molar-refractivity contribution in [3.05, 3.63) is 58.9 Å². The number of aryl methyl sites for hydroxylation is 2. The highest BCUT2D eigenvalue weighted by Crippen LogP contribution is 2.36. The number of hydrogen-bond acceptors (Lipinski definition) is 12. The van der Waals surface area contributed by atoms with Gasteiger partial charge in [0.25, 0.3) is 0 Å². The van der Waals surface area contributed by atoms with E-state index in [0.717, 1.165) is 0 Å². The fourth-order valence-corrected chi connectivity index (χ4v) is 5.22. The fraction of sp³-hybridized carbons (Fsp3) is 0.450. The summed E-state index contributed by atoms with van der Waals surface area (Å²) in [7, 11) is 0. The summed E-state index contributed by atoms with van der Waals surface area (Å²) in [5.74, 6) is -0.899. The Morgan fingerprint density at radius 2 is 1.15 bits per heavy atom. The second-order valence-corrected chi connectivity index (χ2v) is 14.5. The molecular formula is C40H53N5O9. The van der Waals surface area contributed by atoms with E-state index in [2.05, 4.69) is 15.3 Å². The van der Waals surface area contributed by atoms with Crippen molar-refractivity contribution in [2.75, 3.05) is 44.4 Å². The van der Waals surface area contributed by atoms with Crippen molar-refractivity contribution < 1.29 is 43.2 Å². The average molecular weight is 748 g/mol. The van der Waals surface area contributed by atoms with Crippen molar-refractivity contribution in [3.8, 4) is 11.5 Å². The van der Waals surface area contributed by atoms with Gasteiger partial charge in [0.05, 0.1) is 68.6 Å². The molecule has 14 heteroatoms. The van der Waals surface area contributed by atoms with E-state index in [1.165, 1.54) is 0 Å². The lowest BCUT2D eigenvalue weighted by Gasteiger charge is -2.25. The zero-order chi connectivity index (χ0) is 40.5. The molecule has 2 aromatic carbocycles. The molecule has 1 amide bonds. The number of nitrogens with one attached hydrogen (secondary N) is 1. The molecule has 0 saturated heterocycles. The minimum Gasteiger partial charge on any atom is -0.492 e. The van der Waals surface area contributed by atoms with E-state index in [1.54, 1.807) is 77.9 Å². The molecule has 4 aromatic rings. The summed E-state index contributed by atoms with van der Waals surface area (Å²) in [6.07, 6.45) is 0. The number of carbonyl (C=O) groups excluding carboxylic acids is 3. The lowest BCUT2D eigenvalue weighted by atomic mass is 9.93. The minimum absolute atomic E-state index is 0.0521. The molecule has 0 atom stereocenters. The number of carboxylic acids is 1. The number of nitrogens with two attached hydrogens (primary N) is 2. The molecule has 14 nitrogen and oxygen atoms in total. The number of nitrogen functional groups attached to an aromatic ring is 2. The SMILES string of the molecule is CCOC(=O)c1c(C)nc2cccc(OCC(C)(C)C(=O)NCC(C)C)c2c1N.CCOC(=O)c1c(C)nc2cccc(OCC(C)(C)C(=O)O)c2c1N. The van der Waals surface area contributed by atoms with Crippen LogP contribution in [-0.4, -0.2) is 71.9 Å². The first-order valence-electron chi connectivity index (χ1n) is 17.8. The lowest BCUT2D eigenvalue weighted by Crippen LogP contribution is -2.42. The fourth-order valence-electron chi connectivity index (χ4n) is 5.22. The third-order valence-electron chi connectivity index (χ3n) is 8.39. The van der Waals surface area contributed by atoms with Crippen LogP contribution >= 0.6 is 0 Å². The van der Waals surface area contributed by atoms with Crippen LogP contribution in [-0.2, 0) is 19.1 Å². The van der Waals surface area contributed by atoms with Crippen molar-refractivity contribution in [3.63, 3.8) is 0 Å². The van der Waals surface area contributed by atoms with Gasteiger partial charge in [0.15, 0.2) is 0 Å². The Labute approximate surface area is 315 Å². The van der Waals surface area contributed by atoms with Crippen molar-refractivity contribution in [2.24, 2.45) is 16.7 Å². The molecular weight excluding hydrogens is 694 g/mol. The summed E-state index contributed by atoms with van der Waals surface area (Å²) >= 11 is 0. The quantitative estimate of drug-likeness (QED) is 0.105. The monoisotopic (exact) mass is 747 g/mol. The molecule has 2 aromatic heterocycles. The van der Waals surface area contributed by atoms with E-state index in [4.69, 9.17) is 30.4 Å². The molecule has 2 heterocycles. The second-order valence-electron chi connectivity index (χ2n) is 14.5. The van der Waals surface area contributed by atoms with Gasteiger partial charge in [-0.1, -0.05) is 26.0 Å². The van der Waals surface area contributed by atoms with Gasteiger partial charge in [-0.25, -0.2) is 9.59 Å². The van der Waals surface area contributed by atoms with E-state index < -0.39 is 28.7 Å². The van der Waals surface area contributed by atoms with Gasteiger partial charge in [-0.2, -0.15) is 0 Å². The number of carboxylic acid groups (broad SMARTS) is 1. The van der Waals surface area contributed by atoms with Gasteiger partial charge in [0.1, 0.15) is 35.8 Å². The topological polar surface area (TPSA) is 215 Å². The third-order valence-corrected chi connectivity index (χ3v) is 8.39. The van der Waals surface area contributed by atoms with E-state index in [-0.39, 0.29) is 54.8 Å². The number of rotatable bonds is 14. The van der Waals surface area contributed by atoms with Gasteiger partial charge in [-0.3, -0.25) is 19.6 Å². The van der Waals surface area contributed by atoms with Crippen molar-refractivity contribution in [1.29, 1.82) is 0 Å². The molecule has 0 bridgehead atoms. The molecule has 0 fully saturated rings. The van der Waals surface area contributed by atoms with Gasteiger partial charge in [-0.15, -0.1) is 0 Å². The number of amides is 1. The van der Waals surface area contributed by atoms with Crippen LogP contribution in [0.1, 0.15) is 87.5 Å². The molecule has 0 aliphatic heterocycles.